The summed E-state index contributed by atoms with van der Waals surface area (Å²) >= 11 is 0. The molecule has 92 valence electrons. The quantitative estimate of drug-likeness (QED) is 0.817. The number of rotatable bonds is 3. The molecule has 1 saturated heterocycles. The maximum atomic E-state index is 13.6. The van der Waals surface area contributed by atoms with Gasteiger partial charge >= 0.3 is 5.97 Å². The molecule has 1 aliphatic heterocycles. The van der Waals surface area contributed by atoms with Crippen molar-refractivity contribution in [3.05, 3.63) is 35.4 Å². The van der Waals surface area contributed by atoms with Gasteiger partial charge in [-0.2, -0.15) is 0 Å². The molecule has 6 heteroatoms. The number of hydrogen-bond donors (Lipinski definition) is 2. The summed E-state index contributed by atoms with van der Waals surface area (Å²) in [6.07, 6.45) is 0. The summed E-state index contributed by atoms with van der Waals surface area (Å²) in [5, 5.41) is 8.91. The summed E-state index contributed by atoms with van der Waals surface area (Å²) in [6.45, 7) is 0.0338. The first kappa shape index (κ1) is 11.9. The molecule has 0 radical (unpaired) electrons. The number of hydrogen-bond acceptors (Lipinski definition) is 3. The topological polar surface area (TPSA) is 72.6 Å². The zero-order chi connectivity index (χ0) is 12.6. The van der Waals surface area contributed by atoms with Crippen LogP contribution in [-0.2, 0) is 14.9 Å². The van der Waals surface area contributed by atoms with Crippen LogP contribution in [0.25, 0.3) is 0 Å². The predicted molar refractivity (Wildman–Crippen MR) is 54.5 cm³/mol. The van der Waals surface area contributed by atoms with E-state index >= 15 is 0 Å². The Hall–Kier alpha value is -1.53. The van der Waals surface area contributed by atoms with Crippen LogP contribution in [-0.4, -0.2) is 30.3 Å². The Labute approximate surface area is 96.0 Å². The first-order valence-corrected chi connectivity index (χ1v) is 4.99. The minimum atomic E-state index is -1.28. The van der Waals surface area contributed by atoms with Crippen molar-refractivity contribution >= 4 is 5.97 Å². The van der Waals surface area contributed by atoms with Gasteiger partial charge in [0.25, 0.3) is 0 Å². The van der Waals surface area contributed by atoms with Gasteiger partial charge in [-0.05, 0) is 6.07 Å². The number of nitrogens with two attached hydrogens (primary N) is 1. The fourth-order valence-corrected chi connectivity index (χ4v) is 1.95. The van der Waals surface area contributed by atoms with Gasteiger partial charge in [-0.3, -0.25) is 4.79 Å². The molecular formula is C11H11F2NO3. The molecule has 1 unspecified atom stereocenters. The third kappa shape index (κ3) is 1.79. The van der Waals surface area contributed by atoms with Gasteiger partial charge in [-0.25, -0.2) is 8.78 Å². The molecular weight excluding hydrogens is 232 g/mol. The number of benzene rings is 1. The molecule has 1 aromatic carbocycles. The van der Waals surface area contributed by atoms with Crippen molar-refractivity contribution < 1.29 is 23.4 Å². The van der Waals surface area contributed by atoms with Crippen LogP contribution in [0.15, 0.2) is 18.2 Å². The Morgan fingerprint density at radius 3 is 2.53 bits per heavy atom. The monoisotopic (exact) mass is 243 g/mol. The van der Waals surface area contributed by atoms with E-state index in [1.165, 1.54) is 6.07 Å². The molecule has 1 fully saturated rings. The molecule has 3 N–H and O–H groups in total. The second-order valence-corrected chi connectivity index (χ2v) is 4.09. The van der Waals surface area contributed by atoms with Gasteiger partial charge in [-0.1, -0.05) is 6.07 Å². The zero-order valence-electron chi connectivity index (χ0n) is 8.82. The summed E-state index contributed by atoms with van der Waals surface area (Å²) in [5.74, 6) is -2.76. The standard InChI is InChI=1S/C11H11F2NO3/c12-6-1-2-7(8(13)3-6)11(4-17-5-11)9(14)10(15)16/h1-3,9H,4-5,14H2,(H,15,16). The molecule has 0 bridgehead atoms. The van der Waals surface area contributed by atoms with Crippen molar-refractivity contribution in [3.8, 4) is 0 Å². The number of aliphatic carboxylic acids is 1. The molecule has 2 rings (SSSR count). The Morgan fingerprint density at radius 2 is 2.12 bits per heavy atom. The molecule has 1 aromatic rings. The predicted octanol–water partition coefficient (Wildman–Crippen LogP) is 0.645. The largest absolute Gasteiger partial charge is 0.480 e. The summed E-state index contributed by atoms with van der Waals surface area (Å²) < 4.78 is 31.4. The Bertz CT molecular complexity index is 460. The van der Waals surface area contributed by atoms with Crippen molar-refractivity contribution in [1.82, 2.24) is 0 Å². The SMILES string of the molecule is NC(C(=O)O)C1(c2ccc(F)cc2F)COC1. The maximum Gasteiger partial charge on any atom is 0.321 e. The van der Waals surface area contributed by atoms with Crippen molar-refractivity contribution in [3.63, 3.8) is 0 Å². The minimum absolute atomic E-state index is 0.0169. The highest BCUT2D eigenvalue weighted by atomic mass is 19.1. The van der Waals surface area contributed by atoms with Crippen LogP contribution in [0.3, 0.4) is 0 Å². The lowest BCUT2D eigenvalue weighted by Gasteiger charge is -2.44. The normalized spacial score (nSPS) is 19.5. The number of carboxylic acids is 1. The summed E-state index contributed by atoms with van der Waals surface area (Å²) in [5.41, 5.74) is 4.53. The maximum absolute atomic E-state index is 13.6. The highest BCUT2D eigenvalue weighted by Gasteiger charge is 2.50. The van der Waals surface area contributed by atoms with E-state index in [1.54, 1.807) is 0 Å². The summed E-state index contributed by atoms with van der Waals surface area (Å²) in [4.78, 5) is 10.9. The van der Waals surface area contributed by atoms with Crippen molar-refractivity contribution in [2.45, 2.75) is 11.5 Å². The van der Waals surface area contributed by atoms with Gasteiger partial charge in [0.2, 0.25) is 0 Å². The lowest BCUT2D eigenvalue weighted by molar-refractivity contribution is -0.149. The minimum Gasteiger partial charge on any atom is -0.480 e. The second kappa shape index (κ2) is 4.05. The molecule has 1 heterocycles. The molecule has 0 saturated carbocycles. The number of halogens is 2. The number of carbonyl (C=O) groups is 1. The van der Waals surface area contributed by atoms with Gasteiger partial charge in [0, 0.05) is 11.6 Å². The third-order valence-corrected chi connectivity index (χ3v) is 3.05. The van der Waals surface area contributed by atoms with Crippen LogP contribution in [0.2, 0.25) is 0 Å². The molecule has 17 heavy (non-hydrogen) atoms. The van der Waals surface area contributed by atoms with Crippen LogP contribution in [0, 0.1) is 11.6 Å². The van der Waals surface area contributed by atoms with Gasteiger partial charge in [0.1, 0.15) is 17.7 Å². The van der Waals surface area contributed by atoms with Gasteiger partial charge < -0.3 is 15.6 Å². The van der Waals surface area contributed by atoms with Crippen molar-refractivity contribution in [2.24, 2.45) is 5.73 Å². The van der Waals surface area contributed by atoms with E-state index in [4.69, 9.17) is 15.6 Å². The van der Waals surface area contributed by atoms with Crippen molar-refractivity contribution in [2.75, 3.05) is 13.2 Å². The average molecular weight is 243 g/mol. The molecule has 1 atom stereocenters. The molecule has 4 nitrogen and oxygen atoms in total. The second-order valence-electron chi connectivity index (χ2n) is 4.09. The smallest absolute Gasteiger partial charge is 0.321 e. The van der Waals surface area contributed by atoms with Crippen LogP contribution in [0.4, 0.5) is 8.78 Å². The van der Waals surface area contributed by atoms with Crippen molar-refractivity contribution in [1.29, 1.82) is 0 Å². The van der Waals surface area contributed by atoms with Gasteiger partial charge in [-0.15, -0.1) is 0 Å². The van der Waals surface area contributed by atoms with Crippen LogP contribution in [0.1, 0.15) is 5.56 Å². The number of carboxylic acid groups (broad SMARTS) is 1. The molecule has 0 spiro atoms. The Kier molecular flexibility index (Phi) is 2.84. The Morgan fingerprint density at radius 1 is 1.47 bits per heavy atom. The van der Waals surface area contributed by atoms with E-state index in [0.29, 0.717) is 6.07 Å². The summed E-state index contributed by atoms with van der Waals surface area (Å²) in [7, 11) is 0. The lowest BCUT2D eigenvalue weighted by atomic mass is 9.72. The van der Waals surface area contributed by atoms with Crippen LogP contribution >= 0.6 is 0 Å². The van der Waals surface area contributed by atoms with E-state index < -0.39 is 29.1 Å². The first-order chi connectivity index (χ1) is 7.97. The Balaban J connectivity index is 2.45. The highest BCUT2D eigenvalue weighted by Crippen LogP contribution is 2.36. The lowest BCUT2D eigenvalue weighted by Crippen LogP contribution is -2.62. The molecule has 1 aliphatic rings. The van der Waals surface area contributed by atoms with E-state index in [9.17, 15) is 13.6 Å². The van der Waals surface area contributed by atoms with E-state index in [1.807, 2.05) is 0 Å². The fraction of sp³-hybridized carbons (Fsp3) is 0.364. The molecule has 0 amide bonds. The molecule has 0 aromatic heterocycles. The van der Waals surface area contributed by atoms with Gasteiger partial charge in [0.15, 0.2) is 0 Å². The average Bonchev–Trinajstić information content (AvgIpc) is 2.19. The summed E-state index contributed by atoms with van der Waals surface area (Å²) in [6, 6.07) is 1.73. The fourth-order valence-electron chi connectivity index (χ4n) is 1.95. The van der Waals surface area contributed by atoms with E-state index in [-0.39, 0.29) is 18.8 Å². The van der Waals surface area contributed by atoms with E-state index in [2.05, 4.69) is 0 Å². The number of ether oxygens (including phenoxy) is 1. The van der Waals surface area contributed by atoms with Crippen LogP contribution < -0.4 is 5.73 Å². The van der Waals surface area contributed by atoms with Crippen LogP contribution in [0.5, 0.6) is 0 Å². The zero-order valence-corrected chi connectivity index (χ0v) is 8.82. The van der Waals surface area contributed by atoms with Gasteiger partial charge in [0.05, 0.1) is 18.6 Å². The third-order valence-electron chi connectivity index (χ3n) is 3.05. The van der Waals surface area contributed by atoms with E-state index in [0.717, 1.165) is 6.07 Å². The molecule has 0 aliphatic carbocycles. The highest BCUT2D eigenvalue weighted by molar-refractivity contribution is 5.76. The first-order valence-electron chi connectivity index (χ1n) is 4.99.